The van der Waals surface area contributed by atoms with Crippen LogP contribution in [-0.4, -0.2) is 16.1 Å². The van der Waals surface area contributed by atoms with E-state index in [1.165, 1.54) is 0 Å². The number of carbonyl (C=O) groups is 1. The Morgan fingerprint density at radius 2 is 1.73 bits per heavy atom. The molecule has 0 spiro atoms. The zero-order chi connectivity index (χ0) is 23.6. The summed E-state index contributed by atoms with van der Waals surface area (Å²) in [5.74, 6) is 0.299. The number of rotatable bonds is 5. The molecular weight excluding hydrogens is 480 g/mol. The van der Waals surface area contributed by atoms with Gasteiger partial charge in [-0.05, 0) is 78.7 Å². The van der Waals surface area contributed by atoms with Gasteiger partial charge in [-0.2, -0.15) is 5.26 Å². The summed E-state index contributed by atoms with van der Waals surface area (Å²) in [6.45, 7) is 5.94. The Kier molecular flexibility index (Phi) is 6.26. The molecule has 0 N–H and O–H groups in total. The lowest BCUT2D eigenvalue weighted by Gasteiger charge is -2.19. The van der Waals surface area contributed by atoms with Gasteiger partial charge in [0.15, 0.2) is 0 Å². The van der Waals surface area contributed by atoms with Crippen LogP contribution in [0.3, 0.4) is 0 Å². The van der Waals surface area contributed by atoms with Gasteiger partial charge in [0.1, 0.15) is 24.0 Å². The predicted molar refractivity (Wildman–Crippen MR) is 132 cm³/mol. The van der Waals surface area contributed by atoms with Crippen molar-refractivity contribution in [3.8, 4) is 17.5 Å². The van der Waals surface area contributed by atoms with Crippen LogP contribution in [0.2, 0.25) is 0 Å². The summed E-state index contributed by atoms with van der Waals surface area (Å²) in [7, 11) is 0. The smallest absolute Gasteiger partial charge is 0.338 e. The average Bonchev–Trinajstić information content (AvgIpc) is 3.18. The summed E-state index contributed by atoms with van der Waals surface area (Å²) in [5.41, 5.74) is 3.20. The second-order valence-corrected chi connectivity index (χ2v) is 9.41. The van der Waals surface area contributed by atoms with E-state index in [-0.39, 0.29) is 5.97 Å². The van der Waals surface area contributed by atoms with E-state index in [1.54, 1.807) is 18.3 Å². The monoisotopic (exact) mass is 502 g/mol. The molecule has 0 aliphatic heterocycles. The number of hydrogen-bond donors (Lipinski definition) is 0. The van der Waals surface area contributed by atoms with Crippen molar-refractivity contribution in [2.75, 3.05) is 0 Å². The van der Waals surface area contributed by atoms with Crippen molar-refractivity contribution in [1.82, 2.24) is 4.57 Å². The van der Waals surface area contributed by atoms with Crippen molar-refractivity contribution in [3.63, 3.8) is 0 Å². The molecule has 3 aromatic carbocycles. The largest absolute Gasteiger partial charge is 0.488 e. The van der Waals surface area contributed by atoms with Crippen molar-refractivity contribution < 1.29 is 14.3 Å². The van der Waals surface area contributed by atoms with E-state index >= 15 is 0 Å². The number of carbonyl (C=O) groups excluding carboxylic acids is 1. The molecule has 0 radical (unpaired) electrons. The van der Waals surface area contributed by atoms with Crippen LogP contribution in [0.15, 0.2) is 77.4 Å². The maximum atomic E-state index is 12.3. The van der Waals surface area contributed by atoms with Crippen molar-refractivity contribution in [1.29, 1.82) is 5.26 Å². The molecule has 0 unspecified atom stereocenters. The Morgan fingerprint density at radius 3 is 2.36 bits per heavy atom. The molecular formula is C27H23BrN2O3. The minimum absolute atomic E-state index is 0.368. The van der Waals surface area contributed by atoms with Gasteiger partial charge in [0.05, 0.1) is 21.1 Å². The molecule has 0 atom stereocenters. The fraction of sp³-hybridized carbons (Fsp3) is 0.185. The number of ether oxygens (including phenoxy) is 2. The quantitative estimate of drug-likeness (QED) is 0.281. The first-order chi connectivity index (χ1) is 15.8. The number of halogens is 1. The van der Waals surface area contributed by atoms with Gasteiger partial charge < -0.3 is 14.0 Å². The number of esters is 1. The molecule has 4 rings (SSSR count). The summed E-state index contributed by atoms with van der Waals surface area (Å²) in [5, 5.41) is 10.5. The Hall–Kier alpha value is -3.56. The number of benzene rings is 3. The summed E-state index contributed by atoms with van der Waals surface area (Å²) in [4.78, 5) is 12.3. The topological polar surface area (TPSA) is 64.2 Å². The first-order valence-electron chi connectivity index (χ1n) is 10.5. The molecule has 6 heteroatoms. The summed E-state index contributed by atoms with van der Waals surface area (Å²) in [6, 6.07) is 23.2. The molecule has 0 amide bonds. The van der Waals surface area contributed by atoms with Crippen LogP contribution < -0.4 is 4.74 Å². The maximum Gasteiger partial charge on any atom is 0.338 e. The van der Waals surface area contributed by atoms with Crippen molar-refractivity contribution in [2.24, 2.45) is 0 Å². The number of nitrogens with zero attached hydrogens (tertiary/aromatic N) is 2. The van der Waals surface area contributed by atoms with E-state index in [1.807, 2.05) is 79.9 Å². The van der Waals surface area contributed by atoms with Gasteiger partial charge in [-0.3, -0.25) is 0 Å². The highest BCUT2D eigenvalue weighted by Crippen LogP contribution is 2.37. The minimum Gasteiger partial charge on any atom is -0.488 e. The molecule has 33 heavy (non-hydrogen) atoms. The van der Waals surface area contributed by atoms with E-state index in [4.69, 9.17) is 9.47 Å². The van der Waals surface area contributed by atoms with Gasteiger partial charge in [0, 0.05) is 17.3 Å². The highest BCUT2D eigenvalue weighted by atomic mass is 79.9. The van der Waals surface area contributed by atoms with Crippen LogP contribution in [0.1, 0.15) is 42.3 Å². The maximum absolute atomic E-state index is 12.3. The molecule has 5 nitrogen and oxygen atoms in total. The summed E-state index contributed by atoms with van der Waals surface area (Å²) < 4.78 is 14.1. The fourth-order valence-corrected chi connectivity index (χ4v) is 4.17. The summed E-state index contributed by atoms with van der Waals surface area (Å²) in [6.07, 6.45) is 1.79. The highest BCUT2D eigenvalue weighted by molar-refractivity contribution is 9.10. The predicted octanol–water partition coefficient (Wildman–Crippen LogP) is 6.80. The molecule has 0 aliphatic rings. The Morgan fingerprint density at radius 1 is 1.03 bits per heavy atom. The molecule has 4 aromatic rings. The van der Waals surface area contributed by atoms with Crippen LogP contribution in [0.4, 0.5) is 0 Å². The standard InChI is InChI=1S/C27H23BrN2O3/c1-27(2,3)33-26(31)19-9-11-21(12-10-19)30-16-20(15-29)24-22(30)13-14-23(25(24)28)32-17-18-7-5-4-6-8-18/h4-14,16H,17H2,1-3H3. The fourth-order valence-electron chi connectivity index (χ4n) is 3.51. The van der Waals surface area contributed by atoms with Crippen molar-refractivity contribution >= 4 is 32.8 Å². The lowest BCUT2D eigenvalue weighted by atomic mass is 10.1. The van der Waals surface area contributed by atoms with Crippen LogP contribution in [0.5, 0.6) is 5.75 Å². The van der Waals surface area contributed by atoms with Gasteiger partial charge in [0.2, 0.25) is 0 Å². The first kappa shape index (κ1) is 22.6. The van der Waals surface area contributed by atoms with Gasteiger partial charge in [0.25, 0.3) is 0 Å². The second kappa shape index (κ2) is 9.13. The zero-order valence-corrected chi connectivity index (χ0v) is 20.2. The molecule has 1 heterocycles. The Balaban J connectivity index is 1.66. The molecule has 166 valence electrons. The normalized spacial score (nSPS) is 11.2. The zero-order valence-electron chi connectivity index (χ0n) is 18.6. The van der Waals surface area contributed by atoms with Crippen LogP contribution in [0.25, 0.3) is 16.6 Å². The second-order valence-electron chi connectivity index (χ2n) is 8.62. The summed E-state index contributed by atoms with van der Waals surface area (Å²) >= 11 is 3.64. The third-order valence-electron chi connectivity index (χ3n) is 5.01. The van der Waals surface area contributed by atoms with Gasteiger partial charge in [-0.15, -0.1) is 0 Å². The number of aromatic nitrogens is 1. The third kappa shape index (κ3) is 4.94. The molecule has 0 fully saturated rings. The van der Waals surface area contributed by atoms with Crippen LogP contribution in [0, 0.1) is 11.3 Å². The Labute approximate surface area is 201 Å². The average molecular weight is 503 g/mol. The molecule has 0 bridgehead atoms. The lowest BCUT2D eigenvalue weighted by Crippen LogP contribution is -2.23. The van der Waals surface area contributed by atoms with E-state index in [9.17, 15) is 10.1 Å². The van der Waals surface area contributed by atoms with E-state index < -0.39 is 5.60 Å². The SMILES string of the molecule is CC(C)(C)OC(=O)c1ccc(-n2cc(C#N)c3c(Br)c(OCc4ccccc4)ccc32)cc1. The molecule has 1 aromatic heterocycles. The molecule has 0 aliphatic carbocycles. The number of fused-ring (bicyclic) bond motifs is 1. The van der Waals surface area contributed by atoms with E-state index in [2.05, 4.69) is 22.0 Å². The van der Waals surface area contributed by atoms with Gasteiger partial charge in [-0.25, -0.2) is 4.79 Å². The van der Waals surface area contributed by atoms with E-state index in [0.717, 1.165) is 26.6 Å². The minimum atomic E-state index is -0.555. The number of nitriles is 1. The van der Waals surface area contributed by atoms with Crippen LogP contribution >= 0.6 is 15.9 Å². The Bertz CT molecular complexity index is 1340. The molecule has 0 saturated carbocycles. The molecule has 0 saturated heterocycles. The van der Waals surface area contributed by atoms with Crippen molar-refractivity contribution in [3.05, 3.63) is 94.1 Å². The highest BCUT2D eigenvalue weighted by Gasteiger charge is 2.19. The van der Waals surface area contributed by atoms with E-state index in [0.29, 0.717) is 23.5 Å². The van der Waals surface area contributed by atoms with Gasteiger partial charge in [-0.1, -0.05) is 30.3 Å². The van der Waals surface area contributed by atoms with Crippen LogP contribution in [-0.2, 0) is 11.3 Å². The van der Waals surface area contributed by atoms with Crippen molar-refractivity contribution in [2.45, 2.75) is 33.0 Å². The number of hydrogen-bond acceptors (Lipinski definition) is 4. The third-order valence-corrected chi connectivity index (χ3v) is 5.80. The first-order valence-corrected chi connectivity index (χ1v) is 11.3. The van der Waals surface area contributed by atoms with Gasteiger partial charge >= 0.3 is 5.97 Å². The lowest BCUT2D eigenvalue weighted by molar-refractivity contribution is 0.00695.